The Kier molecular flexibility index (Phi) is 3.94. The molecule has 1 aromatic rings. The molecule has 2 aliphatic rings. The Morgan fingerprint density at radius 2 is 1.86 bits per heavy atom. The van der Waals surface area contributed by atoms with Crippen LogP contribution in [0.4, 0.5) is 0 Å². The van der Waals surface area contributed by atoms with Crippen LogP contribution in [0.2, 0.25) is 0 Å². The van der Waals surface area contributed by atoms with Gasteiger partial charge in [0.15, 0.2) is 11.6 Å². The first-order valence-corrected chi connectivity index (χ1v) is 7.70. The second-order valence-electron chi connectivity index (χ2n) is 5.68. The van der Waals surface area contributed by atoms with Gasteiger partial charge in [-0.05, 0) is 25.5 Å². The van der Waals surface area contributed by atoms with Crippen LogP contribution in [0.25, 0.3) is 0 Å². The summed E-state index contributed by atoms with van der Waals surface area (Å²) in [6.45, 7) is 2.89. The van der Waals surface area contributed by atoms with Crippen molar-refractivity contribution in [2.75, 3.05) is 6.54 Å². The van der Waals surface area contributed by atoms with Crippen LogP contribution in [0.5, 0.6) is 0 Å². The molecule has 0 spiro atoms. The molecular formula is C18H19NO3. The molecule has 0 aromatic heterocycles. The zero-order valence-corrected chi connectivity index (χ0v) is 12.6. The quantitative estimate of drug-likeness (QED) is 0.839. The summed E-state index contributed by atoms with van der Waals surface area (Å²) in [6.07, 6.45) is 4.22. The van der Waals surface area contributed by atoms with Gasteiger partial charge in [-0.1, -0.05) is 37.6 Å². The number of ketones is 2. The largest absolute Gasteiger partial charge is 0.508 e. The first-order valence-electron chi connectivity index (χ1n) is 7.70. The molecule has 0 aliphatic heterocycles. The van der Waals surface area contributed by atoms with Gasteiger partial charge in [-0.2, -0.15) is 0 Å². The molecule has 2 aliphatic carbocycles. The normalized spacial score (nSPS) is 20.6. The third kappa shape index (κ3) is 2.29. The maximum atomic E-state index is 12.8. The number of fused-ring (bicyclic) bond motifs is 1. The molecule has 1 aromatic carbocycles. The van der Waals surface area contributed by atoms with Gasteiger partial charge in [0.05, 0.1) is 5.57 Å². The fourth-order valence-corrected chi connectivity index (χ4v) is 3.07. The van der Waals surface area contributed by atoms with Gasteiger partial charge in [0.2, 0.25) is 0 Å². The fraction of sp³-hybridized carbons (Fsp3) is 0.333. The van der Waals surface area contributed by atoms with Gasteiger partial charge in [0.25, 0.3) is 0 Å². The molecule has 0 fully saturated rings. The molecule has 0 saturated heterocycles. The Balaban J connectivity index is 2.03. The molecule has 1 atom stereocenters. The van der Waals surface area contributed by atoms with E-state index in [1.54, 1.807) is 30.3 Å². The van der Waals surface area contributed by atoms with Crippen molar-refractivity contribution in [3.8, 4) is 0 Å². The average Bonchev–Trinajstić information content (AvgIpc) is 2.54. The van der Waals surface area contributed by atoms with Crippen molar-refractivity contribution in [2.24, 2.45) is 0 Å². The van der Waals surface area contributed by atoms with Crippen LogP contribution in [-0.2, 0) is 0 Å². The number of aliphatic hydroxyl groups excluding tert-OH is 1. The number of unbranched alkanes of at least 4 members (excludes halogenated alkanes) is 1. The molecule has 1 unspecified atom stereocenters. The first-order chi connectivity index (χ1) is 10.6. The summed E-state index contributed by atoms with van der Waals surface area (Å²) in [5.41, 5.74) is 1.40. The third-order valence-electron chi connectivity index (χ3n) is 4.23. The molecule has 0 amide bonds. The molecule has 114 valence electrons. The van der Waals surface area contributed by atoms with Gasteiger partial charge < -0.3 is 10.4 Å². The summed E-state index contributed by atoms with van der Waals surface area (Å²) in [5, 5.41) is 13.4. The summed E-state index contributed by atoms with van der Waals surface area (Å²) in [7, 11) is 0. The van der Waals surface area contributed by atoms with Crippen molar-refractivity contribution in [2.45, 2.75) is 32.2 Å². The van der Waals surface area contributed by atoms with Crippen LogP contribution in [0.15, 0.2) is 47.2 Å². The standard InChI is InChI=1S/C18H19NO3/c1-2-3-10-19-13-8-9-14(20)16-15(13)17(21)11-6-4-5-7-12(11)18(16)22/h4-7,9,13,19-20H,2-3,8,10H2,1H3. The van der Waals surface area contributed by atoms with Gasteiger partial charge >= 0.3 is 0 Å². The van der Waals surface area contributed by atoms with Crippen molar-refractivity contribution in [1.82, 2.24) is 5.32 Å². The number of benzene rings is 1. The maximum absolute atomic E-state index is 12.8. The van der Waals surface area contributed by atoms with Crippen molar-refractivity contribution in [3.63, 3.8) is 0 Å². The molecule has 4 heteroatoms. The van der Waals surface area contributed by atoms with Crippen LogP contribution >= 0.6 is 0 Å². The lowest BCUT2D eigenvalue weighted by Gasteiger charge is -2.30. The van der Waals surface area contributed by atoms with E-state index in [0.717, 1.165) is 19.4 Å². The van der Waals surface area contributed by atoms with Crippen molar-refractivity contribution < 1.29 is 14.7 Å². The van der Waals surface area contributed by atoms with E-state index in [4.69, 9.17) is 0 Å². The van der Waals surface area contributed by atoms with E-state index in [2.05, 4.69) is 12.2 Å². The Hall–Kier alpha value is -2.20. The monoisotopic (exact) mass is 297 g/mol. The van der Waals surface area contributed by atoms with Crippen LogP contribution in [-0.4, -0.2) is 29.3 Å². The van der Waals surface area contributed by atoms with Crippen LogP contribution in [0.1, 0.15) is 46.9 Å². The molecule has 0 radical (unpaired) electrons. The summed E-state index contributed by atoms with van der Waals surface area (Å²) in [6, 6.07) is 6.60. The zero-order valence-electron chi connectivity index (χ0n) is 12.6. The van der Waals surface area contributed by atoms with E-state index >= 15 is 0 Å². The van der Waals surface area contributed by atoms with E-state index in [0.29, 0.717) is 23.1 Å². The minimum atomic E-state index is -0.263. The number of aliphatic hydroxyl groups is 1. The number of hydrogen-bond donors (Lipinski definition) is 2. The number of carbonyl (C=O) groups excluding carboxylic acids is 2. The summed E-state index contributed by atoms with van der Waals surface area (Å²) in [4.78, 5) is 25.4. The van der Waals surface area contributed by atoms with E-state index in [9.17, 15) is 14.7 Å². The first kappa shape index (κ1) is 14.7. The van der Waals surface area contributed by atoms with Gasteiger partial charge in [-0.3, -0.25) is 9.59 Å². The minimum Gasteiger partial charge on any atom is -0.508 e. The van der Waals surface area contributed by atoms with Gasteiger partial charge in [0, 0.05) is 22.7 Å². The third-order valence-corrected chi connectivity index (χ3v) is 4.23. The predicted molar refractivity (Wildman–Crippen MR) is 84.2 cm³/mol. The number of allylic oxidation sites excluding steroid dienone is 1. The van der Waals surface area contributed by atoms with Crippen molar-refractivity contribution >= 4 is 11.6 Å². The van der Waals surface area contributed by atoms with E-state index in [-0.39, 0.29) is 28.9 Å². The van der Waals surface area contributed by atoms with E-state index in [1.807, 2.05) is 0 Å². The van der Waals surface area contributed by atoms with Gasteiger partial charge in [-0.25, -0.2) is 0 Å². The highest BCUT2D eigenvalue weighted by Crippen LogP contribution is 2.35. The van der Waals surface area contributed by atoms with Crippen molar-refractivity contribution in [3.05, 3.63) is 58.4 Å². The Bertz CT molecular complexity index is 700. The summed E-state index contributed by atoms with van der Waals surface area (Å²) >= 11 is 0. The highest BCUT2D eigenvalue weighted by atomic mass is 16.3. The highest BCUT2D eigenvalue weighted by Gasteiger charge is 2.38. The fourth-order valence-electron chi connectivity index (χ4n) is 3.07. The zero-order chi connectivity index (χ0) is 15.7. The number of hydrogen-bond acceptors (Lipinski definition) is 4. The van der Waals surface area contributed by atoms with E-state index in [1.165, 1.54) is 0 Å². The smallest absolute Gasteiger partial charge is 0.197 e. The predicted octanol–water partition coefficient (Wildman–Crippen LogP) is 2.97. The maximum Gasteiger partial charge on any atom is 0.197 e. The van der Waals surface area contributed by atoms with Crippen LogP contribution in [0.3, 0.4) is 0 Å². The van der Waals surface area contributed by atoms with Gasteiger partial charge in [0.1, 0.15) is 5.76 Å². The average molecular weight is 297 g/mol. The Labute approximate surface area is 129 Å². The van der Waals surface area contributed by atoms with Crippen molar-refractivity contribution in [1.29, 1.82) is 0 Å². The Morgan fingerprint density at radius 1 is 1.18 bits per heavy atom. The van der Waals surface area contributed by atoms with Crippen LogP contribution < -0.4 is 5.32 Å². The number of nitrogens with one attached hydrogen (secondary N) is 1. The number of Topliss-reactive ketones (excluding diaryl/α,β-unsaturated/α-hetero) is 2. The molecule has 2 N–H and O–H groups in total. The Morgan fingerprint density at radius 3 is 2.55 bits per heavy atom. The SMILES string of the molecule is CCCCNC1CC=C(O)C2=C1C(=O)c1ccccc1C2=O. The molecule has 0 saturated carbocycles. The van der Waals surface area contributed by atoms with Crippen LogP contribution in [0, 0.1) is 0 Å². The molecule has 22 heavy (non-hydrogen) atoms. The van der Waals surface area contributed by atoms with Gasteiger partial charge in [-0.15, -0.1) is 0 Å². The molecule has 0 bridgehead atoms. The number of carbonyl (C=O) groups is 2. The molecule has 3 rings (SSSR count). The number of rotatable bonds is 4. The lowest BCUT2D eigenvalue weighted by atomic mass is 9.77. The van der Waals surface area contributed by atoms with E-state index < -0.39 is 0 Å². The lowest BCUT2D eigenvalue weighted by Crippen LogP contribution is -2.40. The molecular weight excluding hydrogens is 278 g/mol. The topological polar surface area (TPSA) is 66.4 Å². The summed E-state index contributed by atoms with van der Waals surface area (Å²) < 4.78 is 0. The summed E-state index contributed by atoms with van der Waals surface area (Å²) in [5.74, 6) is -0.490. The second kappa shape index (κ2) is 5.89. The minimum absolute atomic E-state index is 0.0728. The second-order valence-corrected chi connectivity index (χ2v) is 5.68. The molecule has 0 heterocycles. The highest BCUT2D eigenvalue weighted by molar-refractivity contribution is 6.28. The lowest BCUT2D eigenvalue weighted by molar-refractivity contribution is 0.0962. The molecule has 4 nitrogen and oxygen atoms in total.